The van der Waals surface area contributed by atoms with Crippen molar-refractivity contribution in [2.75, 3.05) is 14.2 Å². The average Bonchev–Trinajstić information content (AvgIpc) is 3.83. The Hall–Kier alpha value is -5.22. The number of benzene rings is 2. The fourth-order valence-corrected chi connectivity index (χ4v) is 9.12. The molecule has 6 aromatic rings. The quantitative estimate of drug-likeness (QED) is 0.0997. The molecule has 0 saturated heterocycles. The second-order valence-corrected chi connectivity index (χ2v) is 13.2. The van der Waals surface area contributed by atoms with Crippen LogP contribution in [0.4, 0.5) is 10.0 Å². The van der Waals surface area contributed by atoms with E-state index in [2.05, 4.69) is 27.0 Å². The van der Waals surface area contributed by atoms with Crippen LogP contribution < -0.4 is 9.47 Å². The first-order valence-electron chi connectivity index (χ1n) is 12.6. The minimum Gasteiger partial charge on any atom is -0.495 e. The lowest BCUT2D eigenvalue weighted by Gasteiger charge is -2.05. The van der Waals surface area contributed by atoms with Crippen LogP contribution in [-0.4, -0.2) is 35.7 Å². The number of nitriles is 3. The Morgan fingerprint density at radius 2 is 1.23 bits per heavy atom. The summed E-state index contributed by atoms with van der Waals surface area (Å²) in [6.07, 6.45) is 0. The first-order valence-corrected chi connectivity index (χ1v) is 15.8. The molecule has 0 saturated carbocycles. The van der Waals surface area contributed by atoms with Crippen LogP contribution in [0.1, 0.15) is 11.1 Å². The van der Waals surface area contributed by atoms with Crippen LogP contribution in [0, 0.1) is 54.4 Å². The van der Waals surface area contributed by atoms with Crippen molar-refractivity contribution < 1.29 is 9.47 Å². The van der Waals surface area contributed by atoms with Crippen LogP contribution in [0.3, 0.4) is 0 Å². The van der Waals surface area contributed by atoms with Crippen LogP contribution >= 0.6 is 45.3 Å². The number of thiophene rings is 2. The minimum absolute atomic E-state index is 0.227. The monoisotopic (exact) mass is 648 g/mol. The van der Waals surface area contributed by atoms with Crippen LogP contribution in [0.5, 0.6) is 11.5 Å². The highest BCUT2D eigenvalue weighted by atomic mass is 32.1. The van der Waals surface area contributed by atoms with Crippen molar-refractivity contribution in [3.05, 3.63) is 46.8 Å². The Balaban J connectivity index is 1.53. The molecule has 0 aliphatic rings. The first-order chi connectivity index (χ1) is 21.3. The molecule has 0 aliphatic heterocycles. The summed E-state index contributed by atoms with van der Waals surface area (Å²) in [7, 11) is 3.13. The molecule has 0 bridgehead atoms. The number of aromatic nitrogens is 2. The third-order valence-electron chi connectivity index (χ3n) is 6.56. The normalized spacial score (nSPS) is 11.2. The highest BCUT2D eigenvalue weighted by Crippen LogP contribution is 2.49. The molecule has 0 atom stereocenters. The summed E-state index contributed by atoms with van der Waals surface area (Å²) in [5, 5.41) is 32.0. The predicted octanol–water partition coefficient (Wildman–Crippen LogP) is 8.74. The van der Waals surface area contributed by atoms with E-state index in [9.17, 15) is 0 Å². The van der Waals surface area contributed by atoms with Crippen LogP contribution in [0.25, 0.3) is 55.8 Å². The number of amidine groups is 1. The number of aryl methyl sites for hydroxylation is 2. The van der Waals surface area contributed by atoms with E-state index < -0.39 is 0 Å². The van der Waals surface area contributed by atoms with Crippen molar-refractivity contribution in [2.45, 2.75) is 13.8 Å². The van der Waals surface area contributed by atoms with E-state index >= 15 is 0 Å². The van der Waals surface area contributed by atoms with Gasteiger partial charge in [-0.1, -0.05) is 22.9 Å². The van der Waals surface area contributed by atoms with E-state index in [-0.39, 0.29) is 11.5 Å². The topological polar surface area (TPSA) is 145 Å². The van der Waals surface area contributed by atoms with Gasteiger partial charge in [-0.05, 0) is 37.1 Å². The summed E-state index contributed by atoms with van der Waals surface area (Å²) in [6, 6.07) is 13.1. The number of hydrogen-bond acceptors (Lipinski definition) is 13. The molecule has 0 unspecified atom stereocenters. The molecule has 0 fully saturated rings. The Kier molecular flexibility index (Phi) is 7.52. The lowest BCUT2D eigenvalue weighted by Crippen LogP contribution is -1.84. The highest BCUT2D eigenvalue weighted by Gasteiger charge is 2.23. The lowest BCUT2D eigenvalue weighted by molar-refractivity contribution is 0.418. The van der Waals surface area contributed by atoms with Crippen molar-refractivity contribution in [1.82, 2.24) is 9.97 Å². The number of nitrogens with zero attached hydrogens (tertiary/aromatic N) is 8. The first kappa shape index (κ1) is 28.9. The van der Waals surface area contributed by atoms with Gasteiger partial charge in [-0.3, -0.25) is 0 Å². The molecule has 0 N–H and O–H groups in total. The highest BCUT2D eigenvalue weighted by molar-refractivity contribution is 7.28. The summed E-state index contributed by atoms with van der Waals surface area (Å²) in [6.45, 7) is 11.2. The molecule has 14 heteroatoms. The molecule has 0 spiro atoms. The maximum absolute atomic E-state index is 9.14. The van der Waals surface area contributed by atoms with Gasteiger partial charge in [0.2, 0.25) is 10.7 Å². The van der Waals surface area contributed by atoms with Crippen LogP contribution in [0.15, 0.2) is 34.3 Å². The van der Waals surface area contributed by atoms with E-state index in [0.717, 1.165) is 62.1 Å². The number of methoxy groups -OCH3 is 2. The zero-order chi connectivity index (χ0) is 31.1. The smallest absolute Gasteiger partial charge is 0.350 e. The number of thiazole rings is 2. The van der Waals surface area contributed by atoms with Gasteiger partial charge in [-0.2, -0.15) is 10.5 Å². The fourth-order valence-electron chi connectivity index (χ4n) is 4.64. The van der Waals surface area contributed by atoms with E-state index in [1.54, 1.807) is 67.2 Å². The third-order valence-corrected chi connectivity index (χ3v) is 11.1. The lowest BCUT2D eigenvalue weighted by atomic mass is 10.0. The van der Waals surface area contributed by atoms with Gasteiger partial charge in [0, 0.05) is 22.9 Å². The molecule has 0 amide bonds. The molecular formula is C30H16N8O2S4. The summed E-state index contributed by atoms with van der Waals surface area (Å²) >= 11 is 5.73. The molecule has 212 valence electrons. The van der Waals surface area contributed by atoms with Crippen LogP contribution in [-0.2, 0) is 0 Å². The number of rotatable bonds is 6. The SMILES string of the molecule is [C-]#[N+]C(C#N)=Nc1cc(OC)c(-c2nc3c(C)cc4c(cc(C)c5nc(-c6sc(N=C(C#N)C#N)cc6OC)sc54)c3s2)s1. The zero-order valence-electron chi connectivity index (χ0n) is 23.3. The van der Waals surface area contributed by atoms with Crippen LogP contribution in [0.2, 0.25) is 0 Å². The number of aliphatic imine (C=N–C) groups is 2. The fraction of sp³-hybridized carbons (Fsp3) is 0.133. The Morgan fingerprint density at radius 3 is 1.64 bits per heavy atom. The van der Waals surface area contributed by atoms with Gasteiger partial charge in [0.15, 0.2) is 0 Å². The maximum Gasteiger partial charge on any atom is 0.350 e. The third kappa shape index (κ3) is 4.83. The van der Waals surface area contributed by atoms with Gasteiger partial charge in [-0.15, -0.1) is 34.0 Å². The number of fused-ring (bicyclic) bond motifs is 5. The Bertz CT molecular complexity index is 2200. The molecule has 2 aromatic carbocycles. The molecule has 10 nitrogen and oxygen atoms in total. The molecule has 44 heavy (non-hydrogen) atoms. The van der Waals surface area contributed by atoms with E-state index in [1.165, 1.54) is 22.7 Å². The number of hydrogen-bond donors (Lipinski definition) is 0. The molecule has 0 radical (unpaired) electrons. The van der Waals surface area contributed by atoms with Crippen molar-refractivity contribution in [3.63, 3.8) is 0 Å². The largest absolute Gasteiger partial charge is 0.495 e. The number of ether oxygens (including phenoxy) is 2. The van der Waals surface area contributed by atoms with Crippen molar-refractivity contribution in [3.8, 4) is 49.5 Å². The van der Waals surface area contributed by atoms with Gasteiger partial charge < -0.3 is 14.3 Å². The zero-order valence-corrected chi connectivity index (χ0v) is 26.6. The van der Waals surface area contributed by atoms with Gasteiger partial charge in [0.25, 0.3) is 0 Å². The summed E-state index contributed by atoms with van der Waals surface area (Å²) in [5.74, 6) is 0.906. The van der Waals surface area contributed by atoms with E-state index in [0.29, 0.717) is 21.5 Å². The van der Waals surface area contributed by atoms with Gasteiger partial charge in [0.1, 0.15) is 54.5 Å². The second kappa shape index (κ2) is 11.5. The van der Waals surface area contributed by atoms with Gasteiger partial charge in [-0.25, -0.2) is 20.2 Å². The second-order valence-electron chi connectivity index (χ2n) is 9.18. The van der Waals surface area contributed by atoms with E-state index in [1.807, 2.05) is 13.8 Å². The Labute approximate surface area is 266 Å². The molecular weight excluding hydrogens is 633 g/mol. The summed E-state index contributed by atoms with van der Waals surface area (Å²) in [4.78, 5) is 23.0. The molecule has 4 heterocycles. The minimum atomic E-state index is -0.242. The van der Waals surface area contributed by atoms with Crippen molar-refractivity contribution in [1.29, 1.82) is 15.8 Å². The summed E-state index contributed by atoms with van der Waals surface area (Å²) < 4.78 is 13.3. The van der Waals surface area contributed by atoms with Gasteiger partial charge in [0.05, 0.1) is 34.7 Å². The van der Waals surface area contributed by atoms with Crippen molar-refractivity contribution in [2.24, 2.45) is 9.98 Å². The standard InChI is InChI=1S/C30H16N8O2S4/c1-13-6-17-16(25-23(13)37-29(43-25)27-18(39-4)8-21(41-27)35-15(10-31)11-32)7-14(2)24-26(17)44-30(38-24)28-19(40-5)9-22(42-28)36-20(12-33)34-3/h6-9H,1-2,4-5H3. The molecule has 6 rings (SSSR count). The predicted molar refractivity (Wildman–Crippen MR) is 177 cm³/mol. The molecule has 4 aromatic heterocycles. The van der Waals surface area contributed by atoms with Gasteiger partial charge >= 0.3 is 5.84 Å². The van der Waals surface area contributed by atoms with Crippen molar-refractivity contribution >= 4 is 98.1 Å². The molecule has 0 aliphatic carbocycles. The maximum atomic E-state index is 9.14. The average molecular weight is 649 g/mol. The Morgan fingerprint density at radius 1 is 0.750 bits per heavy atom. The summed E-state index contributed by atoms with van der Waals surface area (Å²) in [5.41, 5.74) is 3.55. The van der Waals surface area contributed by atoms with E-state index in [4.69, 9.17) is 41.8 Å².